The van der Waals surface area contributed by atoms with Crippen molar-refractivity contribution in [3.05, 3.63) is 18.2 Å². The first-order valence-electron chi connectivity index (χ1n) is 7.66. The van der Waals surface area contributed by atoms with Crippen LogP contribution in [0.3, 0.4) is 0 Å². The lowest BCUT2D eigenvalue weighted by molar-refractivity contribution is 0.00912. The number of aryl methyl sites for hydroxylation is 1. The zero-order valence-electron chi connectivity index (χ0n) is 12.1. The van der Waals surface area contributed by atoms with Crippen molar-refractivity contribution in [1.82, 2.24) is 9.55 Å². The predicted octanol–water partition coefficient (Wildman–Crippen LogP) is 2.51. The number of aromatic nitrogens is 2. The Bertz CT molecular complexity index is 358. The molecular formula is C15H27N3O. The monoisotopic (exact) mass is 265 g/mol. The maximum absolute atomic E-state index is 6.24. The summed E-state index contributed by atoms with van der Waals surface area (Å²) in [5.41, 5.74) is 6.24. The van der Waals surface area contributed by atoms with Gasteiger partial charge in [0, 0.05) is 38.0 Å². The third kappa shape index (κ3) is 4.62. The van der Waals surface area contributed by atoms with E-state index in [4.69, 9.17) is 10.5 Å². The van der Waals surface area contributed by atoms with Gasteiger partial charge >= 0.3 is 0 Å². The van der Waals surface area contributed by atoms with Crippen LogP contribution in [0, 0.1) is 0 Å². The van der Waals surface area contributed by atoms with Gasteiger partial charge in [0.05, 0.1) is 6.10 Å². The van der Waals surface area contributed by atoms with E-state index in [9.17, 15) is 0 Å². The van der Waals surface area contributed by atoms with E-state index < -0.39 is 0 Å². The van der Waals surface area contributed by atoms with Gasteiger partial charge in [-0.1, -0.05) is 6.92 Å². The van der Waals surface area contributed by atoms with Crippen molar-refractivity contribution in [2.45, 2.75) is 70.6 Å². The van der Waals surface area contributed by atoms with E-state index in [1.54, 1.807) is 0 Å². The first-order valence-corrected chi connectivity index (χ1v) is 7.66. The average Bonchev–Trinajstić information content (AvgIpc) is 2.85. The first kappa shape index (κ1) is 14.5. The summed E-state index contributed by atoms with van der Waals surface area (Å²) in [6, 6.07) is 0.198. The Kier molecular flexibility index (Phi) is 5.86. The lowest BCUT2D eigenvalue weighted by atomic mass is 10.0. The van der Waals surface area contributed by atoms with Crippen LogP contribution in [0.1, 0.15) is 51.3 Å². The maximum atomic E-state index is 6.24. The topological polar surface area (TPSA) is 53.1 Å². The van der Waals surface area contributed by atoms with Crippen LogP contribution in [0.2, 0.25) is 0 Å². The highest BCUT2D eigenvalue weighted by atomic mass is 16.5. The molecule has 2 heterocycles. The third-order valence-corrected chi connectivity index (χ3v) is 3.84. The van der Waals surface area contributed by atoms with Crippen LogP contribution in [0.15, 0.2) is 12.4 Å². The van der Waals surface area contributed by atoms with Gasteiger partial charge in [-0.25, -0.2) is 4.98 Å². The van der Waals surface area contributed by atoms with Crippen LogP contribution in [0.5, 0.6) is 0 Å². The summed E-state index contributed by atoms with van der Waals surface area (Å²) in [5.74, 6) is 1.12. The number of rotatable bonds is 7. The summed E-state index contributed by atoms with van der Waals surface area (Å²) in [6.45, 7) is 4.15. The summed E-state index contributed by atoms with van der Waals surface area (Å²) < 4.78 is 7.97. The van der Waals surface area contributed by atoms with Crippen molar-refractivity contribution in [2.75, 3.05) is 6.61 Å². The maximum Gasteiger partial charge on any atom is 0.110 e. The zero-order chi connectivity index (χ0) is 13.5. The molecule has 0 spiro atoms. The van der Waals surface area contributed by atoms with Crippen molar-refractivity contribution >= 4 is 0 Å². The number of nitrogens with two attached hydrogens (primary N) is 1. The molecule has 1 fully saturated rings. The van der Waals surface area contributed by atoms with E-state index in [-0.39, 0.29) is 6.04 Å². The van der Waals surface area contributed by atoms with Gasteiger partial charge in [-0.05, 0) is 38.5 Å². The predicted molar refractivity (Wildman–Crippen MR) is 77.0 cm³/mol. The molecule has 1 aliphatic heterocycles. The molecule has 0 aromatic carbocycles. The Morgan fingerprint density at radius 2 is 2.42 bits per heavy atom. The molecule has 1 saturated heterocycles. The summed E-state index contributed by atoms with van der Waals surface area (Å²) >= 11 is 0. The van der Waals surface area contributed by atoms with Gasteiger partial charge in [0.1, 0.15) is 5.82 Å². The molecule has 0 amide bonds. The summed E-state index contributed by atoms with van der Waals surface area (Å²) in [6.07, 6.45) is 12.2. The van der Waals surface area contributed by atoms with E-state index in [2.05, 4.69) is 22.7 Å². The molecule has 0 aliphatic carbocycles. The third-order valence-electron chi connectivity index (χ3n) is 3.84. The van der Waals surface area contributed by atoms with Gasteiger partial charge in [-0.3, -0.25) is 0 Å². The highest BCUT2D eigenvalue weighted by Crippen LogP contribution is 2.18. The largest absolute Gasteiger partial charge is 0.378 e. The normalized spacial score (nSPS) is 21.5. The summed E-state index contributed by atoms with van der Waals surface area (Å²) in [5, 5.41) is 0. The van der Waals surface area contributed by atoms with Crippen molar-refractivity contribution in [1.29, 1.82) is 0 Å². The zero-order valence-corrected chi connectivity index (χ0v) is 12.1. The van der Waals surface area contributed by atoms with Crippen LogP contribution in [0.25, 0.3) is 0 Å². The molecule has 4 heteroatoms. The Morgan fingerprint density at radius 3 is 3.16 bits per heavy atom. The van der Waals surface area contributed by atoms with Gasteiger partial charge in [-0.15, -0.1) is 0 Å². The highest BCUT2D eigenvalue weighted by molar-refractivity contribution is 4.95. The minimum absolute atomic E-state index is 0.198. The number of hydrogen-bond donors (Lipinski definition) is 1. The average molecular weight is 265 g/mol. The van der Waals surface area contributed by atoms with E-state index in [0.29, 0.717) is 6.10 Å². The van der Waals surface area contributed by atoms with Gasteiger partial charge < -0.3 is 15.0 Å². The minimum Gasteiger partial charge on any atom is -0.378 e. The number of imidazole rings is 1. The van der Waals surface area contributed by atoms with Crippen LogP contribution in [0.4, 0.5) is 0 Å². The Hall–Kier alpha value is -0.870. The van der Waals surface area contributed by atoms with Gasteiger partial charge in [-0.2, -0.15) is 0 Å². The van der Waals surface area contributed by atoms with Crippen molar-refractivity contribution in [2.24, 2.45) is 5.73 Å². The number of ether oxygens (including phenoxy) is 1. The van der Waals surface area contributed by atoms with Crippen molar-refractivity contribution in [3.63, 3.8) is 0 Å². The molecule has 0 radical (unpaired) electrons. The number of hydrogen-bond acceptors (Lipinski definition) is 3. The fraction of sp³-hybridized carbons (Fsp3) is 0.800. The molecule has 1 aliphatic rings. The second-order valence-electron chi connectivity index (χ2n) is 5.57. The van der Waals surface area contributed by atoms with Crippen molar-refractivity contribution < 1.29 is 4.74 Å². The molecule has 2 rings (SSSR count). The van der Waals surface area contributed by atoms with E-state index in [1.165, 1.54) is 19.3 Å². The van der Waals surface area contributed by atoms with E-state index in [1.807, 2.05) is 6.20 Å². The second-order valence-corrected chi connectivity index (χ2v) is 5.57. The molecule has 1 aromatic rings. The van der Waals surface area contributed by atoms with Crippen LogP contribution < -0.4 is 5.73 Å². The Labute approximate surface area is 116 Å². The molecule has 2 atom stereocenters. The van der Waals surface area contributed by atoms with Gasteiger partial charge in [0.2, 0.25) is 0 Å². The molecule has 4 nitrogen and oxygen atoms in total. The molecule has 2 N–H and O–H groups in total. The number of nitrogens with zero attached hydrogens (tertiary/aromatic N) is 2. The van der Waals surface area contributed by atoms with Crippen molar-refractivity contribution in [3.8, 4) is 0 Å². The lowest BCUT2D eigenvalue weighted by Crippen LogP contribution is -2.28. The molecule has 1 aromatic heterocycles. The first-order chi connectivity index (χ1) is 9.29. The quantitative estimate of drug-likeness (QED) is 0.824. The van der Waals surface area contributed by atoms with Crippen LogP contribution >= 0.6 is 0 Å². The molecule has 108 valence electrons. The van der Waals surface area contributed by atoms with E-state index in [0.717, 1.165) is 44.7 Å². The smallest absolute Gasteiger partial charge is 0.110 e. The summed E-state index contributed by atoms with van der Waals surface area (Å²) in [4.78, 5) is 4.42. The minimum atomic E-state index is 0.198. The molecule has 0 saturated carbocycles. The SMILES string of the molecule is CCCn1ccnc1CC(N)CCC1CCCCO1. The second kappa shape index (κ2) is 7.65. The fourth-order valence-electron chi connectivity index (χ4n) is 2.75. The molecule has 19 heavy (non-hydrogen) atoms. The Balaban J connectivity index is 1.73. The molecule has 0 bridgehead atoms. The Morgan fingerprint density at radius 1 is 1.53 bits per heavy atom. The summed E-state index contributed by atoms with van der Waals surface area (Å²) in [7, 11) is 0. The fourth-order valence-corrected chi connectivity index (χ4v) is 2.75. The van der Waals surface area contributed by atoms with Crippen LogP contribution in [-0.2, 0) is 17.7 Å². The van der Waals surface area contributed by atoms with E-state index >= 15 is 0 Å². The van der Waals surface area contributed by atoms with Gasteiger partial charge in [0.15, 0.2) is 0 Å². The standard InChI is InChI=1S/C15H27N3O/c1-2-9-18-10-8-17-15(18)12-13(16)6-7-14-5-3-4-11-19-14/h8,10,13-14H,2-7,9,11-12,16H2,1H3. The highest BCUT2D eigenvalue weighted by Gasteiger charge is 2.16. The molecule has 2 unspecified atom stereocenters. The van der Waals surface area contributed by atoms with Gasteiger partial charge in [0.25, 0.3) is 0 Å². The molecular weight excluding hydrogens is 238 g/mol. The lowest BCUT2D eigenvalue weighted by Gasteiger charge is -2.23. The van der Waals surface area contributed by atoms with Crippen LogP contribution in [-0.4, -0.2) is 28.3 Å².